The van der Waals surface area contributed by atoms with Gasteiger partial charge in [0, 0.05) is 18.3 Å². The number of benzene rings is 1. The average molecular weight is 374 g/mol. The molecular weight excluding hydrogens is 349 g/mol. The summed E-state index contributed by atoms with van der Waals surface area (Å²) in [6.45, 7) is 3.56. The zero-order valence-electron chi connectivity index (χ0n) is 13.8. The molecule has 1 aromatic carbocycles. The summed E-state index contributed by atoms with van der Waals surface area (Å²) in [5, 5.41) is 6.67. The van der Waals surface area contributed by atoms with E-state index in [1.165, 1.54) is 36.8 Å². The number of rotatable bonds is 7. The van der Waals surface area contributed by atoms with E-state index in [2.05, 4.69) is 15.6 Å². The lowest BCUT2D eigenvalue weighted by molar-refractivity contribution is 0.566. The highest BCUT2D eigenvalue weighted by molar-refractivity contribution is 8.00. The molecule has 134 valence electrons. The second kappa shape index (κ2) is 9.27. The van der Waals surface area contributed by atoms with E-state index in [4.69, 9.17) is 0 Å². The van der Waals surface area contributed by atoms with Gasteiger partial charge in [-0.1, -0.05) is 12.1 Å². The van der Waals surface area contributed by atoms with Gasteiger partial charge < -0.3 is 10.6 Å². The maximum atomic E-state index is 13.6. The molecule has 5 nitrogen and oxygen atoms in total. The minimum atomic E-state index is -3.66. The number of nitrogens with one attached hydrogen (secondary N) is 2. The smallest absolute Gasteiger partial charge is 0.191 e. The SMILES string of the molecule is CCNC(=NCC1CCCS1)NCCS(=O)(=O)c1ccccc1F. The maximum absolute atomic E-state index is 13.6. The number of thioether (sulfide) groups is 1. The number of hydrogen-bond donors (Lipinski definition) is 2. The molecule has 1 aliphatic rings. The first-order chi connectivity index (χ1) is 11.5. The summed E-state index contributed by atoms with van der Waals surface area (Å²) in [6, 6.07) is 5.45. The molecule has 1 aliphatic heterocycles. The summed E-state index contributed by atoms with van der Waals surface area (Å²) in [6.07, 6.45) is 2.41. The monoisotopic (exact) mass is 373 g/mol. The molecule has 2 N–H and O–H groups in total. The third kappa shape index (κ3) is 5.66. The Morgan fingerprint density at radius 2 is 2.17 bits per heavy atom. The van der Waals surface area contributed by atoms with Crippen molar-refractivity contribution in [1.82, 2.24) is 10.6 Å². The molecule has 0 aliphatic carbocycles. The maximum Gasteiger partial charge on any atom is 0.191 e. The Hall–Kier alpha value is -1.28. The first-order valence-corrected chi connectivity index (χ1v) is 10.8. The molecule has 0 radical (unpaired) electrons. The van der Waals surface area contributed by atoms with Crippen LogP contribution in [0, 0.1) is 5.82 Å². The van der Waals surface area contributed by atoms with Crippen molar-refractivity contribution < 1.29 is 12.8 Å². The van der Waals surface area contributed by atoms with Crippen LogP contribution in [0.2, 0.25) is 0 Å². The molecule has 1 unspecified atom stereocenters. The molecule has 0 amide bonds. The van der Waals surface area contributed by atoms with E-state index in [-0.39, 0.29) is 17.2 Å². The van der Waals surface area contributed by atoms with Gasteiger partial charge in [-0.3, -0.25) is 4.99 Å². The van der Waals surface area contributed by atoms with Crippen molar-refractivity contribution in [3.63, 3.8) is 0 Å². The van der Waals surface area contributed by atoms with Gasteiger partial charge in [-0.2, -0.15) is 11.8 Å². The zero-order chi connectivity index (χ0) is 17.4. The van der Waals surface area contributed by atoms with E-state index in [0.717, 1.165) is 12.6 Å². The van der Waals surface area contributed by atoms with Crippen LogP contribution in [0.5, 0.6) is 0 Å². The quantitative estimate of drug-likeness (QED) is 0.565. The molecule has 0 saturated carbocycles. The summed E-state index contributed by atoms with van der Waals surface area (Å²) >= 11 is 1.93. The van der Waals surface area contributed by atoms with Crippen molar-refractivity contribution >= 4 is 27.6 Å². The standard InChI is InChI=1S/C16H24FN3O2S2/c1-2-18-16(20-12-13-6-5-10-23-13)19-9-11-24(21,22)15-8-4-3-7-14(15)17/h3-4,7-8,13H,2,5-6,9-12H2,1H3,(H2,18,19,20). The lowest BCUT2D eigenvalue weighted by Crippen LogP contribution is -2.40. The molecule has 0 spiro atoms. The summed E-state index contributed by atoms with van der Waals surface area (Å²) < 4.78 is 38.1. The summed E-state index contributed by atoms with van der Waals surface area (Å²) in [7, 11) is -3.66. The Morgan fingerprint density at radius 1 is 1.38 bits per heavy atom. The van der Waals surface area contributed by atoms with Crippen LogP contribution in [0.3, 0.4) is 0 Å². The second-order valence-corrected chi connectivity index (χ2v) is 9.02. The van der Waals surface area contributed by atoms with Gasteiger partial charge in [0.1, 0.15) is 10.7 Å². The predicted molar refractivity (Wildman–Crippen MR) is 97.9 cm³/mol. The average Bonchev–Trinajstić information content (AvgIpc) is 3.06. The summed E-state index contributed by atoms with van der Waals surface area (Å²) in [4.78, 5) is 4.26. The van der Waals surface area contributed by atoms with Crippen LogP contribution in [0.15, 0.2) is 34.2 Å². The van der Waals surface area contributed by atoms with E-state index in [1.54, 1.807) is 0 Å². The van der Waals surface area contributed by atoms with E-state index >= 15 is 0 Å². The van der Waals surface area contributed by atoms with Crippen molar-refractivity contribution in [2.45, 2.75) is 29.9 Å². The molecule has 1 fully saturated rings. The number of halogens is 1. The molecular formula is C16H24FN3O2S2. The lowest BCUT2D eigenvalue weighted by atomic mass is 10.2. The number of hydrogen-bond acceptors (Lipinski definition) is 4. The Morgan fingerprint density at radius 3 is 2.83 bits per heavy atom. The first kappa shape index (κ1) is 19.1. The fourth-order valence-corrected chi connectivity index (χ4v) is 4.86. The van der Waals surface area contributed by atoms with Gasteiger partial charge in [0.05, 0.1) is 12.3 Å². The van der Waals surface area contributed by atoms with Gasteiger partial charge in [-0.05, 0) is 37.7 Å². The Bertz CT molecular complexity index is 659. The normalized spacial score (nSPS) is 18.6. The van der Waals surface area contributed by atoms with Crippen LogP contribution >= 0.6 is 11.8 Å². The van der Waals surface area contributed by atoms with Crippen LogP contribution in [-0.2, 0) is 9.84 Å². The molecule has 1 saturated heterocycles. The fourth-order valence-electron chi connectivity index (χ4n) is 2.43. The van der Waals surface area contributed by atoms with Crippen LogP contribution in [0.4, 0.5) is 4.39 Å². The van der Waals surface area contributed by atoms with Gasteiger partial charge in [0.15, 0.2) is 15.8 Å². The first-order valence-electron chi connectivity index (χ1n) is 8.14. The van der Waals surface area contributed by atoms with Crippen molar-refractivity contribution in [2.75, 3.05) is 31.1 Å². The van der Waals surface area contributed by atoms with Crippen LogP contribution < -0.4 is 10.6 Å². The molecule has 1 atom stereocenters. The highest BCUT2D eigenvalue weighted by Gasteiger charge is 2.19. The largest absolute Gasteiger partial charge is 0.357 e. The third-order valence-corrected chi connectivity index (χ3v) is 6.78. The van der Waals surface area contributed by atoms with E-state index in [0.29, 0.717) is 17.8 Å². The Labute approximate surface area is 147 Å². The number of aliphatic imine (C=N–C) groups is 1. The second-order valence-electron chi connectivity index (χ2n) is 5.53. The highest BCUT2D eigenvalue weighted by Crippen LogP contribution is 2.26. The number of nitrogens with zero attached hydrogens (tertiary/aromatic N) is 1. The van der Waals surface area contributed by atoms with Crippen LogP contribution in [-0.4, -0.2) is 50.8 Å². The van der Waals surface area contributed by atoms with Crippen LogP contribution in [0.25, 0.3) is 0 Å². The molecule has 2 rings (SSSR count). The van der Waals surface area contributed by atoms with Gasteiger partial charge in [0.2, 0.25) is 0 Å². The topological polar surface area (TPSA) is 70.6 Å². The highest BCUT2D eigenvalue weighted by atomic mass is 32.2. The van der Waals surface area contributed by atoms with E-state index in [9.17, 15) is 12.8 Å². The molecule has 0 bridgehead atoms. The van der Waals surface area contributed by atoms with Gasteiger partial charge in [0.25, 0.3) is 0 Å². The van der Waals surface area contributed by atoms with E-state index in [1.807, 2.05) is 18.7 Å². The molecule has 24 heavy (non-hydrogen) atoms. The number of sulfone groups is 1. The van der Waals surface area contributed by atoms with Crippen molar-refractivity contribution in [3.05, 3.63) is 30.1 Å². The predicted octanol–water partition coefficient (Wildman–Crippen LogP) is 2.05. The van der Waals surface area contributed by atoms with Crippen LogP contribution in [0.1, 0.15) is 19.8 Å². The van der Waals surface area contributed by atoms with Crippen molar-refractivity contribution in [3.8, 4) is 0 Å². The number of guanidine groups is 1. The van der Waals surface area contributed by atoms with Gasteiger partial charge in [-0.15, -0.1) is 0 Å². The summed E-state index contributed by atoms with van der Waals surface area (Å²) in [5.74, 6) is 0.895. The third-order valence-electron chi connectivity index (χ3n) is 3.66. The minimum absolute atomic E-state index is 0.181. The van der Waals surface area contributed by atoms with Crippen molar-refractivity contribution in [1.29, 1.82) is 0 Å². The lowest BCUT2D eigenvalue weighted by Gasteiger charge is -2.13. The molecule has 1 aromatic rings. The zero-order valence-corrected chi connectivity index (χ0v) is 15.4. The Balaban J connectivity index is 1.89. The summed E-state index contributed by atoms with van der Waals surface area (Å²) in [5.41, 5.74) is 0. The minimum Gasteiger partial charge on any atom is -0.357 e. The van der Waals surface area contributed by atoms with Gasteiger partial charge >= 0.3 is 0 Å². The Kier molecular flexibility index (Phi) is 7.36. The van der Waals surface area contributed by atoms with E-state index < -0.39 is 15.7 Å². The van der Waals surface area contributed by atoms with Gasteiger partial charge in [-0.25, -0.2) is 12.8 Å². The fraction of sp³-hybridized carbons (Fsp3) is 0.562. The van der Waals surface area contributed by atoms with Crippen molar-refractivity contribution in [2.24, 2.45) is 4.99 Å². The molecule has 8 heteroatoms. The molecule has 1 heterocycles. The molecule has 0 aromatic heterocycles.